The number of carboxylic acids is 1. The third kappa shape index (κ3) is 3.98. The molecule has 1 atom stereocenters. The molecule has 0 spiro atoms. The van der Waals surface area contributed by atoms with Crippen LogP contribution in [-0.4, -0.2) is 38.6 Å². The molecule has 1 aliphatic carbocycles. The van der Waals surface area contributed by atoms with Crippen molar-refractivity contribution in [3.63, 3.8) is 0 Å². The molecule has 2 rings (SSSR count). The van der Waals surface area contributed by atoms with Gasteiger partial charge in [-0.2, -0.15) is 17.7 Å². The van der Waals surface area contributed by atoms with Gasteiger partial charge < -0.3 is 5.11 Å². The van der Waals surface area contributed by atoms with Crippen LogP contribution in [0, 0.1) is 5.92 Å². The van der Waals surface area contributed by atoms with E-state index >= 15 is 0 Å². The number of nitrogens with zero attached hydrogens (tertiary/aromatic N) is 1. The molecule has 0 aromatic heterocycles. The lowest BCUT2D eigenvalue weighted by atomic mass is 9.74. The van der Waals surface area contributed by atoms with Gasteiger partial charge in [0.2, 0.25) is 0 Å². The van der Waals surface area contributed by atoms with Crippen LogP contribution in [0.5, 0.6) is 0 Å². The number of hydroxylamine groups is 2. The van der Waals surface area contributed by atoms with E-state index in [0.29, 0.717) is 6.10 Å². The lowest BCUT2D eigenvalue weighted by molar-refractivity contribution is -0.313. The summed E-state index contributed by atoms with van der Waals surface area (Å²) in [6.45, 7) is 8.64. The smallest absolute Gasteiger partial charge is 0.316 e. The minimum absolute atomic E-state index is 0.0667. The van der Waals surface area contributed by atoms with Gasteiger partial charge in [-0.25, -0.2) is 0 Å². The van der Waals surface area contributed by atoms with E-state index in [1.165, 1.54) is 19.3 Å². The maximum Gasteiger partial charge on any atom is 0.316 e. The predicted octanol–water partition coefficient (Wildman–Crippen LogP) is 3.90. The standard InChI is InChI=1S/C17H31NO3S/c1-16(2)10-12(14(22)15(19)20)11-17(3,4)18(16)21-13-8-6-5-7-9-13/h12-14,22H,5-11H2,1-4H3,(H,19,20). The highest BCUT2D eigenvalue weighted by atomic mass is 32.1. The van der Waals surface area contributed by atoms with Crippen LogP contribution < -0.4 is 0 Å². The van der Waals surface area contributed by atoms with Gasteiger partial charge in [-0.3, -0.25) is 9.63 Å². The van der Waals surface area contributed by atoms with Crippen LogP contribution >= 0.6 is 12.6 Å². The number of aliphatic carboxylic acids is 1. The first kappa shape index (κ1) is 18.1. The first-order valence-corrected chi connectivity index (χ1v) is 9.03. The third-order valence-electron chi connectivity index (χ3n) is 5.13. The second kappa shape index (κ2) is 6.70. The van der Waals surface area contributed by atoms with E-state index in [0.717, 1.165) is 25.7 Å². The van der Waals surface area contributed by atoms with Gasteiger partial charge in [0.15, 0.2) is 0 Å². The summed E-state index contributed by atoms with van der Waals surface area (Å²) in [5, 5.41) is 10.8. The Labute approximate surface area is 140 Å². The number of carbonyl (C=O) groups is 1. The Hall–Kier alpha value is -0.260. The summed E-state index contributed by atoms with van der Waals surface area (Å²) >= 11 is 4.33. The maximum absolute atomic E-state index is 11.3. The lowest BCUT2D eigenvalue weighted by Gasteiger charge is -2.55. The van der Waals surface area contributed by atoms with Gasteiger partial charge in [-0.05, 0) is 59.3 Å². The van der Waals surface area contributed by atoms with E-state index in [2.05, 4.69) is 45.4 Å². The summed E-state index contributed by atoms with van der Waals surface area (Å²) in [6.07, 6.45) is 7.99. The number of thiol groups is 1. The molecule has 0 aromatic rings. The molecule has 1 N–H and O–H groups in total. The largest absolute Gasteiger partial charge is 0.480 e. The molecule has 4 nitrogen and oxygen atoms in total. The SMILES string of the molecule is CC1(C)CC(C(S)C(=O)O)CC(C)(C)N1OC1CCCCC1. The fourth-order valence-corrected chi connectivity index (χ4v) is 4.58. The van der Waals surface area contributed by atoms with Crippen LogP contribution in [0.25, 0.3) is 0 Å². The monoisotopic (exact) mass is 329 g/mol. The highest BCUT2D eigenvalue weighted by Crippen LogP contribution is 2.44. The van der Waals surface area contributed by atoms with Crippen molar-refractivity contribution in [3.05, 3.63) is 0 Å². The molecule has 0 amide bonds. The summed E-state index contributed by atoms with van der Waals surface area (Å²) in [5.41, 5.74) is -0.361. The second-order valence-electron chi connectivity index (χ2n) is 8.24. The van der Waals surface area contributed by atoms with Gasteiger partial charge in [0.05, 0.1) is 6.10 Å². The van der Waals surface area contributed by atoms with Gasteiger partial charge in [-0.1, -0.05) is 19.3 Å². The van der Waals surface area contributed by atoms with E-state index in [9.17, 15) is 9.90 Å². The van der Waals surface area contributed by atoms with Crippen molar-refractivity contribution in [3.8, 4) is 0 Å². The molecule has 0 radical (unpaired) electrons. The zero-order chi connectivity index (χ0) is 16.5. The topological polar surface area (TPSA) is 49.8 Å². The Balaban J connectivity index is 2.12. The predicted molar refractivity (Wildman–Crippen MR) is 91.1 cm³/mol. The number of hydrogen-bond acceptors (Lipinski definition) is 4. The van der Waals surface area contributed by atoms with E-state index in [-0.39, 0.29) is 17.0 Å². The second-order valence-corrected chi connectivity index (χ2v) is 8.79. The zero-order valence-corrected chi connectivity index (χ0v) is 15.2. The minimum atomic E-state index is -0.818. The molecule has 2 aliphatic rings. The van der Waals surface area contributed by atoms with Crippen molar-refractivity contribution < 1.29 is 14.7 Å². The van der Waals surface area contributed by atoms with Crippen LogP contribution in [0.15, 0.2) is 0 Å². The number of rotatable bonds is 4. The van der Waals surface area contributed by atoms with Crippen LogP contribution in [0.2, 0.25) is 0 Å². The van der Waals surface area contributed by atoms with Crippen molar-refractivity contribution in [2.24, 2.45) is 5.92 Å². The zero-order valence-electron chi connectivity index (χ0n) is 14.3. The molecular formula is C17H31NO3S. The first-order valence-electron chi connectivity index (χ1n) is 8.51. The first-order chi connectivity index (χ1) is 10.1. The lowest BCUT2D eigenvalue weighted by Crippen LogP contribution is -2.62. The third-order valence-corrected chi connectivity index (χ3v) is 5.77. The van der Waals surface area contributed by atoms with E-state index in [4.69, 9.17) is 4.84 Å². The molecule has 0 aromatic carbocycles. The van der Waals surface area contributed by atoms with Gasteiger partial charge in [0.25, 0.3) is 0 Å². The Morgan fingerprint density at radius 2 is 1.64 bits per heavy atom. The van der Waals surface area contributed by atoms with Gasteiger partial charge >= 0.3 is 5.97 Å². The molecule has 22 heavy (non-hydrogen) atoms. The van der Waals surface area contributed by atoms with Crippen LogP contribution in [0.3, 0.4) is 0 Å². The van der Waals surface area contributed by atoms with Crippen LogP contribution in [-0.2, 0) is 9.63 Å². The number of carboxylic acid groups (broad SMARTS) is 1. The molecule has 1 aliphatic heterocycles. The summed E-state index contributed by atoms with van der Waals surface area (Å²) in [6, 6.07) is 0. The quantitative estimate of drug-likeness (QED) is 0.768. The maximum atomic E-state index is 11.3. The molecule has 0 bridgehead atoms. The highest BCUT2D eigenvalue weighted by molar-refractivity contribution is 7.81. The molecular weight excluding hydrogens is 298 g/mol. The van der Waals surface area contributed by atoms with E-state index in [1.807, 2.05) is 0 Å². The average Bonchev–Trinajstić information content (AvgIpc) is 2.42. The van der Waals surface area contributed by atoms with Gasteiger partial charge in [0.1, 0.15) is 5.25 Å². The van der Waals surface area contributed by atoms with Gasteiger partial charge in [-0.15, -0.1) is 0 Å². The Morgan fingerprint density at radius 3 is 2.09 bits per heavy atom. The summed E-state index contributed by atoms with van der Waals surface area (Å²) < 4.78 is 0. The summed E-state index contributed by atoms with van der Waals surface area (Å²) in [5.74, 6) is -0.751. The molecule has 1 unspecified atom stereocenters. The molecule has 2 fully saturated rings. The van der Waals surface area contributed by atoms with Gasteiger partial charge in [0, 0.05) is 11.1 Å². The van der Waals surface area contributed by atoms with E-state index < -0.39 is 11.2 Å². The van der Waals surface area contributed by atoms with Crippen LogP contribution in [0.4, 0.5) is 0 Å². The molecule has 1 saturated heterocycles. The van der Waals surface area contributed by atoms with Crippen molar-refractivity contribution in [2.45, 2.75) is 95.1 Å². The normalized spacial score (nSPS) is 28.4. The van der Waals surface area contributed by atoms with Crippen molar-refractivity contribution in [2.75, 3.05) is 0 Å². The van der Waals surface area contributed by atoms with Crippen LogP contribution in [0.1, 0.15) is 72.6 Å². The van der Waals surface area contributed by atoms with Crippen molar-refractivity contribution in [1.82, 2.24) is 5.06 Å². The number of piperidine rings is 1. The summed E-state index contributed by atoms with van der Waals surface area (Å²) in [4.78, 5) is 17.7. The fraction of sp³-hybridized carbons (Fsp3) is 0.941. The molecule has 5 heteroatoms. The Kier molecular flexibility index (Phi) is 5.50. The highest BCUT2D eigenvalue weighted by Gasteiger charge is 2.49. The summed E-state index contributed by atoms with van der Waals surface area (Å²) in [7, 11) is 0. The van der Waals surface area contributed by atoms with Crippen molar-refractivity contribution >= 4 is 18.6 Å². The fourth-order valence-electron chi connectivity index (χ4n) is 4.37. The van der Waals surface area contributed by atoms with Crippen molar-refractivity contribution in [1.29, 1.82) is 0 Å². The Bertz CT molecular complexity index is 387. The minimum Gasteiger partial charge on any atom is -0.480 e. The molecule has 1 saturated carbocycles. The molecule has 1 heterocycles. The van der Waals surface area contributed by atoms with E-state index in [1.54, 1.807) is 0 Å². The average molecular weight is 330 g/mol. The Morgan fingerprint density at radius 1 is 1.14 bits per heavy atom. The molecule has 128 valence electrons. The number of hydrogen-bond donors (Lipinski definition) is 2.